The number of nitrogens with one attached hydrogen (secondary N) is 1. The highest BCUT2D eigenvalue weighted by molar-refractivity contribution is 7.19. The second kappa shape index (κ2) is 5.01. The number of hydrogen-bond donors (Lipinski definition) is 1. The van der Waals surface area contributed by atoms with Gasteiger partial charge in [0, 0.05) is 10.4 Å². The summed E-state index contributed by atoms with van der Waals surface area (Å²) in [7, 11) is 0. The van der Waals surface area contributed by atoms with Gasteiger partial charge in [0.05, 0.1) is 5.39 Å². The minimum absolute atomic E-state index is 0.223. The zero-order chi connectivity index (χ0) is 16.3. The lowest BCUT2D eigenvalue weighted by atomic mass is 9.89. The summed E-state index contributed by atoms with van der Waals surface area (Å²) >= 11 is 1.70. The molecular formula is C18H16N4OS. The number of fused-ring (bicyclic) bond motifs is 5. The summed E-state index contributed by atoms with van der Waals surface area (Å²) < 4.78 is 1.41. The molecule has 0 saturated carbocycles. The lowest BCUT2D eigenvalue weighted by Gasteiger charge is -2.17. The maximum atomic E-state index is 12.4. The summed E-state index contributed by atoms with van der Waals surface area (Å²) in [5.74, 6) is 1.30. The van der Waals surface area contributed by atoms with Crippen molar-refractivity contribution in [1.29, 1.82) is 0 Å². The molecule has 5 nitrogen and oxygen atoms in total. The summed E-state index contributed by atoms with van der Waals surface area (Å²) in [6, 6.07) is 9.79. The smallest absolute Gasteiger partial charge is 0.297 e. The molecule has 0 aliphatic heterocycles. The highest BCUT2D eigenvalue weighted by atomic mass is 32.1. The van der Waals surface area contributed by atoms with E-state index < -0.39 is 0 Å². The summed E-state index contributed by atoms with van der Waals surface area (Å²) in [6.07, 6.45) is 3.32. The fraction of sp³-hybridized carbons (Fsp3) is 0.278. The first kappa shape index (κ1) is 13.9. The van der Waals surface area contributed by atoms with Gasteiger partial charge >= 0.3 is 5.69 Å². The molecule has 24 heavy (non-hydrogen) atoms. The highest BCUT2D eigenvalue weighted by Gasteiger charge is 2.24. The third-order valence-electron chi connectivity index (χ3n) is 4.79. The Bertz CT molecular complexity index is 1120. The molecule has 0 spiro atoms. The van der Waals surface area contributed by atoms with Crippen LogP contribution in [-0.2, 0) is 12.8 Å². The molecule has 3 aromatic heterocycles. The van der Waals surface area contributed by atoms with Gasteiger partial charge in [0.15, 0.2) is 11.5 Å². The van der Waals surface area contributed by atoms with Gasteiger partial charge in [0.25, 0.3) is 0 Å². The van der Waals surface area contributed by atoms with Crippen LogP contribution in [0.4, 0.5) is 0 Å². The van der Waals surface area contributed by atoms with Crippen LogP contribution >= 0.6 is 11.3 Å². The van der Waals surface area contributed by atoms with Crippen LogP contribution in [0.25, 0.3) is 27.3 Å². The van der Waals surface area contributed by atoms with Crippen molar-refractivity contribution in [2.24, 2.45) is 5.92 Å². The van der Waals surface area contributed by atoms with Gasteiger partial charge in [-0.25, -0.2) is 9.78 Å². The SMILES string of the molecule is CC1CCc2c(sc3[nH]c(=O)n4nc(-c5ccccc5)nc4c23)C1. The van der Waals surface area contributed by atoms with Crippen LogP contribution in [-0.4, -0.2) is 19.6 Å². The van der Waals surface area contributed by atoms with Crippen LogP contribution in [0.15, 0.2) is 35.1 Å². The average molecular weight is 336 g/mol. The third kappa shape index (κ3) is 1.96. The van der Waals surface area contributed by atoms with Crippen LogP contribution in [0.2, 0.25) is 0 Å². The Morgan fingerprint density at radius 2 is 2.12 bits per heavy atom. The molecule has 1 atom stereocenters. The molecule has 0 amide bonds. The standard InChI is InChI=1S/C18H16N4OS/c1-10-7-8-12-13(9-10)24-17-14(12)16-19-15(11-5-3-2-4-6-11)21-22(16)18(23)20-17/h2-6,10H,7-9H2,1H3,(H,20,23). The molecule has 4 aromatic rings. The molecule has 0 radical (unpaired) electrons. The Balaban J connectivity index is 1.84. The molecule has 0 fully saturated rings. The molecular weight excluding hydrogens is 320 g/mol. The van der Waals surface area contributed by atoms with Gasteiger partial charge in [-0.3, -0.25) is 4.98 Å². The normalized spacial score (nSPS) is 17.5. The van der Waals surface area contributed by atoms with Crippen LogP contribution in [0.1, 0.15) is 23.8 Å². The lowest BCUT2D eigenvalue weighted by Crippen LogP contribution is -2.17. The van der Waals surface area contributed by atoms with E-state index in [0.29, 0.717) is 17.4 Å². The average Bonchev–Trinajstić information content (AvgIpc) is 3.16. The largest absolute Gasteiger partial charge is 0.349 e. The van der Waals surface area contributed by atoms with Crippen molar-refractivity contribution >= 4 is 27.2 Å². The second-order valence-corrected chi connectivity index (χ2v) is 7.63. The van der Waals surface area contributed by atoms with Gasteiger partial charge in [0.2, 0.25) is 0 Å². The number of H-pyrrole nitrogens is 1. The summed E-state index contributed by atoms with van der Waals surface area (Å²) in [6.45, 7) is 2.29. The van der Waals surface area contributed by atoms with Gasteiger partial charge in [-0.15, -0.1) is 16.4 Å². The van der Waals surface area contributed by atoms with Crippen molar-refractivity contribution < 1.29 is 0 Å². The van der Waals surface area contributed by atoms with Gasteiger partial charge in [-0.2, -0.15) is 4.52 Å². The Labute approximate surface area is 142 Å². The minimum Gasteiger partial charge on any atom is -0.297 e. The molecule has 1 N–H and O–H groups in total. The van der Waals surface area contributed by atoms with Crippen molar-refractivity contribution in [3.8, 4) is 11.4 Å². The number of nitrogens with zero attached hydrogens (tertiary/aromatic N) is 3. The van der Waals surface area contributed by atoms with Crippen molar-refractivity contribution in [1.82, 2.24) is 19.6 Å². The van der Waals surface area contributed by atoms with E-state index in [2.05, 4.69) is 17.0 Å². The predicted octanol–water partition coefficient (Wildman–Crippen LogP) is 3.42. The second-order valence-electron chi connectivity index (χ2n) is 6.52. The van der Waals surface area contributed by atoms with E-state index >= 15 is 0 Å². The first-order valence-electron chi connectivity index (χ1n) is 8.19. The summed E-state index contributed by atoms with van der Waals surface area (Å²) in [5, 5.41) is 5.52. The predicted molar refractivity (Wildman–Crippen MR) is 95.6 cm³/mol. The Hall–Kier alpha value is -2.47. The number of thiophene rings is 1. The number of rotatable bonds is 1. The van der Waals surface area contributed by atoms with Crippen LogP contribution in [0, 0.1) is 5.92 Å². The maximum Gasteiger partial charge on any atom is 0.349 e. The molecule has 1 aliphatic rings. The molecule has 0 bridgehead atoms. The maximum absolute atomic E-state index is 12.4. The third-order valence-corrected chi connectivity index (χ3v) is 5.96. The van der Waals surface area contributed by atoms with E-state index in [0.717, 1.165) is 28.6 Å². The molecule has 3 heterocycles. The lowest BCUT2D eigenvalue weighted by molar-refractivity contribution is 0.509. The molecule has 5 rings (SSSR count). The van der Waals surface area contributed by atoms with Gasteiger partial charge < -0.3 is 0 Å². The van der Waals surface area contributed by atoms with Gasteiger partial charge in [0.1, 0.15) is 4.83 Å². The van der Waals surface area contributed by atoms with Crippen molar-refractivity contribution in [3.05, 3.63) is 51.3 Å². The molecule has 0 saturated heterocycles. The summed E-state index contributed by atoms with van der Waals surface area (Å²) in [4.78, 5) is 22.4. The van der Waals surface area contributed by atoms with Crippen LogP contribution in [0.5, 0.6) is 0 Å². The molecule has 1 aromatic carbocycles. The first-order chi connectivity index (χ1) is 11.7. The number of aryl methyl sites for hydroxylation is 1. The van der Waals surface area contributed by atoms with Gasteiger partial charge in [-0.1, -0.05) is 37.3 Å². The quantitative estimate of drug-likeness (QED) is 0.579. The van der Waals surface area contributed by atoms with E-state index in [4.69, 9.17) is 4.98 Å². The molecule has 120 valence electrons. The van der Waals surface area contributed by atoms with E-state index in [-0.39, 0.29) is 5.69 Å². The van der Waals surface area contributed by atoms with Crippen LogP contribution < -0.4 is 5.69 Å². The van der Waals surface area contributed by atoms with E-state index in [1.165, 1.54) is 21.4 Å². The van der Waals surface area contributed by atoms with E-state index in [1.807, 2.05) is 30.3 Å². The Kier molecular flexibility index (Phi) is 2.91. The molecule has 1 unspecified atom stereocenters. The number of benzene rings is 1. The highest BCUT2D eigenvalue weighted by Crippen LogP contribution is 2.38. The number of aromatic amines is 1. The number of hydrogen-bond acceptors (Lipinski definition) is 4. The van der Waals surface area contributed by atoms with Crippen molar-refractivity contribution in [3.63, 3.8) is 0 Å². The monoisotopic (exact) mass is 336 g/mol. The molecule has 6 heteroatoms. The van der Waals surface area contributed by atoms with E-state index in [1.54, 1.807) is 11.3 Å². The Morgan fingerprint density at radius 1 is 1.29 bits per heavy atom. The van der Waals surface area contributed by atoms with Gasteiger partial charge in [-0.05, 0) is 30.7 Å². The minimum atomic E-state index is -0.223. The fourth-order valence-electron chi connectivity index (χ4n) is 3.55. The van der Waals surface area contributed by atoms with Crippen molar-refractivity contribution in [2.45, 2.75) is 26.2 Å². The van der Waals surface area contributed by atoms with E-state index in [9.17, 15) is 4.79 Å². The number of aromatic nitrogens is 4. The topological polar surface area (TPSA) is 63.0 Å². The first-order valence-corrected chi connectivity index (χ1v) is 9.01. The zero-order valence-corrected chi connectivity index (χ0v) is 14.1. The zero-order valence-electron chi connectivity index (χ0n) is 13.2. The molecule has 1 aliphatic carbocycles. The summed E-state index contributed by atoms with van der Waals surface area (Å²) in [5.41, 5.74) is 2.73. The van der Waals surface area contributed by atoms with Crippen molar-refractivity contribution in [2.75, 3.05) is 0 Å². The fourth-order valence-corrected chi connectivity index (χ4v) is 4.95. The Morgan fingerprint density at radius 3 is 2.96 bits per heavy atom. The van der Waals surface area contributed by atoms with Crippen LogP contribution in [0.3, 0.4) is 0 Å².